The molecule has 0 radical (unpaired) electrons. The molecule has 1 aliphatic rings. The Kier molecular flexibility index (Phi) is 3.32. The highest BCUT2D eigenvalue weighted by molar-refractivity contribution is 14.1. The second-order valence-corrected chi connectivity index (χ2v) is 6.71. The quantitative estimate of drug-likeness (QED) is 0.829. The Hall–Kier alpha value is -0.140. The number of nitrogens with one attached hydrogen (secondary N) is 1. The predicted molar refractivity (Wildman–Crippen MR) is 68.2 cm³/mol. The summed E-state index contributed by atoms with van der Waals surface area (Å²) < 4.78 is 1.10. The highest BCUT2D eigenvalue weighted by Crippen LogP contribution is 2.30. The molecular weight excluding hydrogens is 325 g/mol. The average Bonchev–Trinajstić information content (AvgIpc) is 2.58. The summed E-state index contributed by atoms with van der Waals surface area (Å²) in [7, 11) is 0. The summed E-state index contributed by atoms with van der Waals surface area (Å²) in [6.45, 7) is 0.373. The molecule has 1 saturated carbocycles. The number of aliphatic hydroxyl groups is 1. The van der Waals surface area contributed by atoms with E-state index in [1.165, 1.54) is 0 Å². The molecule has 82 valence electrons. The van der Waals surface area contributed by atoms with Crippen molar-refractivity contribution in [2.45, 2.75) is 24.9 Å². The van der Waals surface area contributed by atoms with Crippen LogP contribution in [0.15, 0.2) is 11.4 Å². The smallest absolute Gasteiger partial charge is 0.252 e. The highest BCUT2D eigenvalue weighted by atomic mass is 127. The SMILES string of the molecule is O=C(NCC1(O)CCC1)c1csc(I)c1. The second kappa shape index (κ2) is 4.39. The van der Waals surface area contributed by atoms with Crippen molar-refractivity contribution < 1.29 is 9.90 Å². The molecule has 0 aliphatic heterocycles. The van der Waals surface area contributed by atoms with Crippen LogP contribution in [0.1, 0.15) is 29.6 Å². The molecule has 1 heterocycles. The first-order valence-electron chi connectivity index (χ1n) is 4.84. The van der Waals surface area contributed by atoms with Gasteiger partial charge in [-0.05, 0) is 47.9 Å². The summed E-state index contributed by atoms with van der Waals surface area (Å²) >= 11 is 3.74. The number of thiophene rings is 1. The van der Waals surface area contributed by atoms with E-state index in [0.717, 1.165) is 22.1 Å². The van der Waals surface area contributed by atoms with Gasteiger partial charge in [-0.25, -0.2) is 0 Å². The zero-order valence-electron chi connectivity index (χ0n) is 8.12. The Morgan fingerprint density at radius 1 is 1.67 bits per heavy atom. The Bertz CT molecular complexity index is 373. The fourth-order valence-corrected chi connectivity index (χ4v) is 2.86. The van der Waals surface area contributed by atoms with Crippen molar-refractivity contribution in [3.05, 3.63) is 19.9 Å². The number of hydrogen-bond acceptors (Lipinski definition) is 3. The highest BCUT2D eigenvalue weighted by Gasteiger charge is 2.34. The monoisotopic (exact) mass is 337 g/mol. The molecular formula is C10H12INO2S. The van der Waals surface area contributed by atoms with Gasteiger partial charge in [-0.1, -0.05) is 0 Å². The molecule has 1 amide bonds. The molecule has 2 N–H and O–H groups in total. The first-order chi connectivity index (χ1) is 7.09. The zero-order chi connectivity index (χ0) is 10.9. The minimum Gasteiger partial charge on any atom is -0.388 e. The number of carbonyl (C=O) groups is 1. The van der Waals surface area contributed by atoms with E-state index in [1.807, 2.05) is 11.4 Å². The molecule has 2 rings (SSSR count). The Morgan fingerprint density at radius 2 is 2.40 bits per heavy atom. The third kappa shape index (κ3) is 2.70. The fraction of sp³-hybridized carbons (Fsp3) is 0.500. The molecule has 0 bridgehead atoms. The van der Waals surface area contributed by atoms with Crippen LogP contribution in [0.4, 0.5) is 0 Å². The summed E-state index contributed by atoms with van der Waals surface area (Å²) in [5, 5.41) is 14.4. The van der Waals surface area contributed by atoms with Crippen molar-refractivity contribution in [3.63, 3.8) is 0 Å². The maximum absolute atomic E-state index is 11.6. The Labute approximate surface area is 106 Å². The molecule has 3 nitrogen and oxygen atoms in total. The number of hydrogen-bond donors (Lipinski definition) is 2. The lowest BCUT2D eigenvalue weighted by atomic mass is 9.80. The van der Waals surface area contributed by atoms with Gasteiger partial charge in [-0.15, -0.1) is 11.3 Å². The Balaban J connectivity index is 1.87. The maximum atomic E-state index is 11.6. The molecule has 0 saturated heterocycles. The molecule has 1 fully saturated rings. The van der Waals surface area contributed by atoms with Crippen LogP contribution in [0.25, 0.3) is 0 Å². The summed E-state index contributed by atoms with van der Waals surface area (Å²) in [5.41, 5.74) is 0.0473. The van der Waals surface area contributed by atoms with Gasteiger partial charge in [-0.3, -0.25) is 4.79 Å². The number of rotatable bonds is 3. The van der Waals surface area contributed by atoms with Crippen LogP contribution in [-0.4, -0.2) is 23.2 Å². The minimum atomic E-state index is -0.640. The second-order valence-electron chi connectivity index (χ2n) is 3.90. The van der Waals surface area contributed by atoms with E-state index in [4.69, 9.17) is 0 Å². The average molecular weight is 337 g/mol. The van der Waals surface area contributed by atoms with E-state index in [1.54, 1.807) is 11.3 Å². The van der Waals surface area contributed by atoms with Gasteiger partial charge in [0.25, 0.3) is 5.91 Å². The molecule has 0 atom stereocenters. The lowest BCUT2D eigenvalue weighted by Crippen LogP contribution is -2.47. The van der Waals surface area contributed by atoms with Crippen molar-refractivity contribution in [2.24, 2.45) is 0 Å². The number of carbonyl (C=O) groups excluding carboxylic acids is 1. The van der Waals surface area contributed by atoms with Crippen LogP contribution in [0.3, 0.4) is 0 Å². The predicted octanol–water partition coefficient (Wildman–Crippen LogP) is 2.00. The Morgan fingerprint density at radius 3 is 2.87 bits per heavy atom. The molecule has 5 heteroatoms. The van der Waals surface area contributed by atoms with E-state index < -0.39 is 5.60 Å². The largest absolute Gasteiger partial charge is 0.388 e. The fourth-order valence-electron chi connectivity index (χ4n) is 1.54. The van der Waals surface area contributed by atoms with E-state index in [2.05, 4.69) is 27.9 Å². The van der Waals surface area contributed by atoms with E-state index in [9.17, 15) is 9.90 Å². The number of amides is 1. The molecule has 1 aromatic heterocycles. The lowest BCUT2D eigenvalue weighted by Gasteiger charge is -2.36. The lowest BCUT2D eigenvalue weighted by molar-refractivity contribution is -0.0300. The first-order valence-corrected chi connectivity index (χ1v) is 6.80. The van der Waals surface area contributed by atoms with Crippen molar-refractivity contribution in [3.8, 4) is 0 Å². The molecule has 15 heavy (non-hydrogen) atoms. The first kappa shape index (κ1) is 11.3. The summed E-state index contributed by atoms with van der Waals surface area (Å²) in [6, 6.07) is 1.85. The van der Waals surface area contributed by atoms with E-state index >= 15 is 0 Å². The van der Waals surface area contributed by atoms with Crippen LogP contribution in [-0.2, 0) is 0 Å². The van der Waals surface area contributed by atoms with Gasteiger partial charge in [0.15, 0.2) is 0 Å². The van der Waals surface area contributed by atoms with Crippen molar-refractivity contribution in [1.29, 1.82) is 0 Å². The van der Waals surface area contributed by atoms with Gasteiger partial charge >= 0.3 is 0 Å². The molecule has 0 spiro atoms. The third-order valence-electron chi connectivity index (χ3n) is 2.69. The van der Waals surface area contributed by atoms with Gasteiger partial charge in [0.05, 0.1) is 14.0 Å². The molecule has 0 aromatic carbocycles. The van der Waals surface area contributed by atoms with Crippen LogP contribution in [0.5, 0.6) is 0 Å². The third-order valence-corrected chi connectivity index (χ3v) is 4.48. The molecule has 1 aliphatic carbocycles. The normalized spacial score (nSPS) is 18.3. The van der Waals surface area contributed by atoms with E-state index in [0.29, 0.717) is 12.1 Å². The summed E-state index contributed by atoms with van der Waals surface area (Å²) in [5.74, 6) is -0.0884. The van der Waals surface area contributed by atoms with Gasteiger partial charge in [-0.2, -0.15) is 0 Å². The van der Waals surface area contributed by atoms with Crippen molar-refractivity contribution in [1.82, 2.24) is 5.32 Å². The van der Waals surface area contributed by atoms with Crippen molar-refractivity contribution in [2.75, 3.05) is 6.54 Å². The maximum Gasteiger partial charge on any atom is 0.252 e. The van der Waals surface area contributed by atoms with Gasteiger partial charge in [0.2, 0.25) is 0 Å². The molecule has 0 unspecified atom stereocenters. The summed E-state index contributed by atoms with van der Waals surface area (Å²) in [4.78, 5) is 11.6. The summed E-state index contributed by atoms with van der Waals surface area (Å²) in [6.07, 6.45) is 2.66. The molecule has 1 aromatic rings. The van der Waals surface area contributed by atoms with Crippen LogP contribution >= 0.6 is 33.9 Å². The van der Waals surface area contributed by atoms with Gasteiger partial charge in [0.1, 0.15) is 0 Å². The van der Waals surface area contributed by atoms with Crippen molar-refractivity contribution >= 4 is 39.8 Å². The van der Waals surface area contributed by atoms with Crippen LogP contribution < -0.4 is 5.32 Å². The van der Waals surface area contributed by atoms with Crippen LogP contribution in [0, 0.1) is 2.88 Å². The zero-order valence-corrected chi connectivity index (χ0v) is 11.1. The van der Waals surface area contributed by atoms with Gasteiger partial charge in [0, 0.05) is 11.9 Å². The number of halogens is 1. The van der Waals surface area contributed by atoms with Gasteiger partial charge < -0.3 is 10.4 Å². The van der Waals surface area contributed by atoms with Crippen LogP contribution in [0.2, 0.25) is 0 Å². The topological polar surface area (TPSA) is 49.3 Å². The minimum absolute atomic E-state index is 0.0884. The standard InChI is InChI=1S/C10H12INO2S/c11-8-4-7(5-15-8)9(13)12-6-10(14)2-1-3-10/h4-5,14H,1-3,6H2,(H,12,13). The van der Waals surface area contributed by atoms with E-state index in [-0.39, 0.29) is 5.91 Å².